The highest BCUT2D eigenvalue weighted by atomic mass is 19.1. The summed E-state index contributed by atoms with van der Waals surface area (Å²) in [6.45, 7) is 0.0250. The molecule has 0 radical (unpaired) electrons. The Bertz CT molecular complexity index is 1600. The fourth-order valence-electron chi connectivity index (χ4n) is 4.53. The summed E-state index contributed by atoms with van der Waals surface area (Å²) in [5.41, 5.74) is 4.26. The molecule has 4 aromatic carbocycles. The Morgan fingerprint density at radius 3 is 2.25 bits per heavy atom. The Balaban J connectivity index is 1.52. The SMILES string of the molecule is CN(C)c1ccc(NC(=O)[C@@H](c2ccc(F)cc2)N(Cc2ccccc2)C(=O)Cn2nnc3ccccc32)cc1. The standard InChI is InChI=1S/C31H29FN6O2/c1-36(2)26-18-16-25(17-19-26)33-31(40)30(23-12-14-24(32)15-13-23)37(20-22-8-4-3-5-9-22)29(39)21-38-28-11-7-6-10-27(28)34-35-38/h3-19,30H,20-21H2,1-2H3,(H,33,40)/t30-/m1/s1. The third-order valence-corrected chi connectivity index (χ3v) is 6.62. The van der Waals surface area contributed by atoms with Crippen molar-refractivity contribution in [1.29, 1.82) is 0 Å². The molecular weight excluding hydrogens is 507 g/mol. The molecule has 0 fully saturated rings. The van der Waals surface area contributed by atoms with Gasteiger partial charge in [-0.25, -0.2) is 9.07 Å². The maximum absolute atomic E-state index is 14.0. The molecule has 5 aromatic rings. The van der Waals surface area contributed by atoms with Crippen molar-refractivity contribution in [2.75, 3.05) is 24.3 Å². The zero-order chi connectivity index (χ0) is 28.1. The van der Waals surface area contributed by atoms with Crippen LogP contribution < -0.4 is 10.2 Å². The van der Waals surface area contributed by atoms with Gasteiger partial charge in [0, 0.05) is 32.0 Å². The Hall–Kier alpha value is -5.05. The van der Waals surface area contributed by atoms with Crippen molar-refractivity contribution < 1.29 is 14.0 Å². The first-order valence-electron chi connectivity index (χ1n) is 12.8. The highest BCUT2D eigenvalue weighted by Crippen LogP contribution is 2.27. The highest BCUT2D eigenvalue weighted by Gasteiger charge is 2.32. The van der Waals surface area contributed by atoms with E-state index in [-0.39, 0.29) is 19.0 Å². The van der Waals surface area contributed by atoms with Crippen LogP contribution >= 0.6 is 0 Å². The number of hydrogen-bond donors (Lipinski definition) is 1. The maximum atomic E-state index is 14.0. The molecule has 9 heteroatoms. The number of fused-ring (bicyclic) bond motifs is 1. The molecule has 40 heavy (non-hydrogen) atoms. The zero-order valence-electron chi connectivity index (χ0n) is 22.2. The van der Waals surface area contributed by atoms with Crippen molar-refractivity contribution in [3.8, 4) is 0 Å². The van der Waals surface area contributed by atoms with E-state index in [4.69, 9.17) is 0 Å². The fourth-order valence-corrected chi connectivity index (χ4v) is 4.53. The summed E-state index contributed by atoms with van der Waals surface area (Å²) in [5.74, 6) is -1.19. The normalized spacial score (nSPS) is 11.7. The number of carbonyl (C=O) groups excluding carboxylic acids is 2. The molecule has 0 aliphatic heterocycles. The molecule has 5 rings (SSSR count). The topological polar surface area (TPSA) is 83.4 Å². The predicted octanol–water partition coefficient (Wildman–Crippen LogP) is 5.05. The number of para-hydroxylation sites is 1. The van der Waals surface area contributed by atoms with Gasteiger partial charge >= 0.3 is 0 Å². The van der Waals surface area contributed by atoms with Gasteiger partial charge in [0.25, 0.3) is 5.91 Å². The molecule has 1 heterocycles. The minimum absolute atomic E-state index is 0.129. The number of nitrogens with one attached hydrogen (secondary N) is 1. The van der Waals surface area contributed by atoms with E-state index in [1.165, 1.54) is 33.8 Å². The minimum atomic E-state index is -1.04. The van der Waals surface area contributed by atoms with Gasteiger partial charge in [0.15, 0.2) is 0 Å². The lowest BCUT2D eigenvalue weighted by Gasteiger charge is -2.31. The third-order valence-electron chi connectivity index (χ3n) is 6.62. The summed E-state index contributed by atoms with van der Waals surface area (Å²) in [4.78, 5) is 31.4. The van der Waals surface area contributed by atoms with Gasteiger partial charge in [-0.2, -0.15) is 0 Å². The van der Waals surface area contributed by atoms with Crippen LogP contribution in [0.3, 0.4) is 0 Å². The number of anilines is 2. The summed E-state index contributed by atoms with van der Waals surface area (Å²) in [6.07, 6.45) is 0. The minimum Gasteiger partial charge on any atom is -0.378 e. The van der Waals surface area contributed by atoms with Gasteiger partial charge in [0.2, 0.25) is 5.91 Å². The van der Waals surface area contributed by atoms with E-state index in [1.54, 1.807) is 12.1 Å². The largest absolute Gasteiger partial charge is 0.378 e. The van der Waals surface area contributed by atoms with Crippen LogP contribution in [0.5, 0.6) is 0 Å². The zero-order valence-corrected chi connectivity index (χ0v) is 22.2. The van der Waals surface area contributed by atoms with Crippen molar-refractivity contribution in [3.05, 3.63) is 120 Å². The second-order valence-corrected chi connectivity index (χ2v) is 9.63. The van der Waals surface area contributed by atoms with Gasteiger partial charge in [0.05, 0.1) is 5.52 Å². The lowest BCUT2D eigenvalue weighted by atomic mass is 10.0. The second-order valence-electron chi connectivity index (χ2n) is 9.63. The first-order valence-corrected chi connectivity index (χ1v) is 12.8. The first kappa shape index (κ1) is 26.6. The molecule has 1 aromatic heterocycles. The van der Waals surface area contributed by atoms with Gasteiger partial charge in [-0.3, -0.25) is 9.59 Å². The van der Waals surface area contributed by atoms with Crippen LogP contribution in [0, 0.1) is 5.82 Å². The van der Waals surface area contributed by atoms with Crippen LogP contribution in [0.4, 0.5) is 15.8 Å². The van der Waals surface area contributed by atoms with Crippen molar-refractivity contribution in [1.82, 2.24) is 19.9 Å². The molecular formula is C31H29FN6O2. The molecule has 0 spiro atoms. The Morgan fingerprint density at radius 2 is 1.55 bits per heavy atom. The summed E-state index contributed by atoms with van der Waals surface area (Å²) in [6, 6.07) is 28.8. The first-order chi connectivity index (χ1) is 19.4. The Labute approximate surface area is 231 Å². The second kappa shape index (κ2) is 11.8. The molecule has 0 saturated heterocycles. The quantitative estimate of drug-likeness (QED) is 0.285. The maximum Gasteiger partial charge on any atom is 0.251 e. The van der Waals surface area contributed by atoms with E-state index in [0.717, 1.165) is 11.3 Å². The number of aromatic nitrogens is 3. The van der Waals surface area contributed by atoms with Crippen LogP contribution in [-0.4, -0.2) is 45.8 Å². The molecule has 1 atom stereocenters. The Kier molecular flexibility index (Phi) is 7.82. The van der Waals surface area contributed by atoms with E-state index in [1.807, 2.05) is 85.7 Å². The number of halogens is 1. The lowest BCUT2D eigenvalue weighted by molar-refractivity contribution is -0.140. The van der Waals surface area contributed by atoms with Crippen LogP contribution in [0.25, 0.3) is 11.0 Å². The van der Waals surface area contributed by atoms with E-state index < -0.39 is 17.8 Å². The van der Waals surface area contributed by atoms with Gasteiger partial charge in [-0.15, -0.1) is 5.10 Å². The molecule has 0 aliphatic carbocycles. The van der Waals surface area contributed by atoms with Crippen LogP contribution in [0.2, 0.25) is 0 Å². The molecule has 202 valence electrons. The number of rotatable bonds is 9. The Morgan fingerprint density at radius 1 is 0.875 bits per heavy atom. The number of carbonyl (C=O) groups is 2. The monoisotopic (exact) mass is 536 g/mol. The number of nitrogens with zero attached hydrogens (tertiary/aromatic N) is 5. The molecule has 0 aliphatic rings. The molecule has 0 bridgehead atoms. The predicted molar refractivity (Wildman–Crippen MR) is 153 cm³/mol. The third kappa shape index (κ3) is 5.99. The van der Waals surface area contributed by atoms with E-state index in [0.29, 0.717) is 22.3 Å². The van der Waals surface area contributed by atoms with Crippen molar-refractivity contribution in [2.45, 2.75) is 19.1 Å². The number of benzene rings is 4. The number of amides is 2. The number of hydrogen-bond acceptors (Lipinski definition) is 5. The van der Waals surface area contributed by atoms with Crippen LogP contribution in [0.1, 0.15) is 17.2 Å². The van der Waals surface area contributed by atoms with E-state index >= 15 is 0 Å². The summed E-state index contributed by atoms with van der Waals surface area (Å²) >= 11 is 0. The summed E-state index contributed by atoms with van der Waals surface area (Å²) in [5, 5.41) is 11.3. The van der Waals surface area contributed by atoms with Gasteiger partial charge in [0.1, 0.15) is 23.9 Å². The fraction of sp³-hybridized carbons (Fsp3) is 0.161. The molecule has 8 nitrogen and oxygen atoms in total. The van der Waals surface area contributed by atoms with Crippen LogP contribution in [-0.2, 0) is 22.7 Å². The average molecular weight is 537 g/mol. The molecule has 0 saturated carbocycles. The summed E-state index contributed by atoms with van der Waals surface area (Å²) in [7, 11) is 3.87. The van der Waals surface area contributed by atoms with Crippen LogP contribution in [0.15, 0.2) is 103 Å². The van der Waals surface area contributed by atoms with Crippen molar-refractivity contribution in [3.63, 3.8) is 0 Å². The van der Waals surface area contributed by atoms with Gasteiger partial charge in [-0.05, 0) is 59.7 Å². The average Bonchev–Trinajstić information content (AvgIpc) is 3.37. The van der Waals surface area contributed by atoms with E-state index in [9.17, 15) is 14.0 Å². The lowest BCUT2D eigenvalue weighted by Crippen LogP contribution is -2.42. The van der Waals surface area contributed by atoms with E-state index in [2.05, 4.69) is 15.6 Å². The van der Waals surface area contributed by atoms with Gasteiger partial charge < -0.3 is 15.1 Å². The van der Waals surface area contributed by atoms with Crippen molar-refractivity contribution in [2.24, 2.45) is 0 Å². The van der Waals surface area contributed by atoms with Gasteiger partial charge in [-0.1, -0.05) is 59.8 Å². The summed E-state index contributed by atoms with van der Waals surface area (Å²) < 4.78 is 15.4. The molecule has 0 unspecified atom stereocenters. The van der Waals surface area contributed by atoms with Crippen molar-refractivity contribution >= 4 is 34.2 Å². The highest BCUT2D eigenvalue weighted by molar-refractivity contribution is 5.98. The molecule has 2 amide bonds. The smallest absolute Gasteiger partial charge is 0.251 e. The molecule has 1 N–H and O–H groups in total.